The number of nitrogens with zero attached hydrogens (tertiary/aromatic N) is 5. The van der Waals surface area contributed by atoms with Crippen molar-refractivity contribution >= 4 is 29.9 Å². The first-order valence-corrected chi connectivity index (χ1v) is 11.5. The van der Waals surface area contributed by atoms with Crippen LogP contribution in [0, 0.1) is 17.1 Å². The average Bonchev–Trinajstić information content (AvgIpc) is 3.39. The monoisotopic (exact) mass is 518 g/mol. The van der Waals surface area contributed by atoms with E-state index in [1.807, 2.05) is 0 Å². The van der Waals surface area contributed by atoms with E-state index in [2.05, 4.69) is 27.6 Å². The summed E-state index contributed by atoms with van der Waals surface area (Å²) in [5, 5.41) is 9.01. The molecule has 7 nitrogen and oxygen atoms in total. The largest absolute Gasteiger partial charge is 0.419 e. The molecule has 0 bridgehead atoms. The van der Waals surface area contributed by atoms with E-state index in [0.717, 1.165) is 16.9 Å². The molecule has 4 rings (SSSR count). The summed E-state index contributed by atoms with van der Waals surface area (Å²) in [5.41, 5.74) is -3.68. The number of anilines is 2. The Morgan fingerprint density at radius 3 is 2.56 bits per heavy atom. The number of aromatic nitrogens is 3. The number of imidazole rings is 1. The molecule has 1 amide bonds. The van der Waals surface area contributed by atoms with Crippen molar-refractivity contribution in [3.05, 3.63) is 71.3 Å². The number of benzene rings is 1. The van der Waals surface area contributed by atoms with Gasteiger partial charge in [0.25, 0.3) is 5.91 Å². The number of H-pyrrole nitrogens is 1. The lowest BCUT2D eigenvalue weighted by atomic mass is 10.0. The Bertz CT molecular complexity index is 1320. The SMILES string of the molecule is CC1(C)C(=O)N(c2cnc(C#N)c(C(F)(F)F)c2)C(S)N1c1ccc(CCCc2ncc[nH]2)c(F)c1. The fourth-order valence-corrected chi connectivity index (χ4v) is 4.93. The minimum absolute atomic E-state index is 0.170. The van der Waals surface area contributed by atoms with E-state index in [1.54, 1.807) is 38.4 Å². The molecule has 3 heterocycles. The number of aryl methyl sites for hydroxylation is 2. The second-order valence-corrected chi connectivity index (χ2v) is 9.28. The lowest BCUT2D eigenvalue weighted by molar-refractivity contribution is -0.138. The van der Waals surface area contributed by atoms with Gasteiger partial charge in [0.05, 0.1) is 17.4 Å². The summed E-state index contributed by atoms with van der Waals surface area (Å²) in [5.74, 6) is -0.202. The molecule has 1 aliphatic rings. The Hall–Kier alpha value is -3.59. The highest BCUT2D eigenvalue weighted by Gasteiger charge is 2.52. The van der Waals surface area contributed by atoms with Crippen LogP contribution in [0.15, 0.2) is 42.9 Å². The highest BCUT2D eigenvalue weighted by molar-refractivity contribution is 7.81. The third-order valence-electron chi connectivity index (χ3n) is 6.10. The number of hydrogen-bond donors (Lipinski definition) is 2. The molecule has 1 N–H and O–H groups in total. The van der Waals surface area contributed by atoms with Crippen LogP contribution in [0.25, 0.3) is 0 Å². The maximum Gasteiger partial charge on any atom is 0.419 e. The Morgan fingerprint density at radius 2 is 1.94 bits per heavy atom. The summed E-state index contributed by atoms with van der Waals surface area (Å²) in [6.45, 7) is 3.16. The van der Waals surface area contributed by atoms with Gasteiger partial charge in [0, 0.05) is 24.5 Å². The first kappa shape index (κ1) is 25.5. The number of nitrogens with one attached hydrogen (secondary N) is 1. The molecule has 1 fully saturated rings. The summed E-state index contributed by atoms with van der Waals surface area (Å²) in [6.07, 6.45) is 1.37. The van der Waals surface area contributed by atoms with Crippen molar-refractivity contribution in [3.8, 4) is 6.07 Å². The van der Waals surface area contributed by atoms with Crippen molar-refractivity contribution in [1.29, 1.82) is 5.26 Å². The Morgan fingerprint density at radius 1 is 1.19 bits per heavy atom. The second kappa shape index (κ2) is 9.46. The maximum atomic E-state index is 15.0. The molecule has 1 saturated heterocycles. The van der Waals surface area contributed by atoms with Crippen molar-refractivity contribution in [1.82, 2.24) is 15.0 Å². The molecular weight excluding hydrogens is 496 g/mol. The zero-order chi connectivity index (χ0) is 26.3. The van der Waals surface area contributed by atoms with Gasteiger partial charge in [0.15, 0.2) is 11.2 Å². The third-order valence-corrected chi connectivity index (χ3v) is 6.56. The van der Waals surface area contributed by atoms with Gasteiger partial charge in [-0.25, -0.2) is 14.4 Å². The van der Waals surface area contributed by atoms with E-state index >= 15 is 0 Å². The molecule has 1 atom stereocenters. The van der Waals surface area contributed by atoms with Gasteiger partial charge in [-0.2, -0.15) is 18.4 Å². The highest BCUT2D eigenvalue weighted by Crippen LogP contribution is 2.42. The van der Waals surface area contributed by atoms with Gasteiger partial charge in [-0.1, -0.05) is 6.07 Å². The number of alkyl halides is 3. The van der Waals surface area contributed by atoms with E-state index in [-0.39, 0.29) is 5.69 Å². The number of carbonyl (C=O) groups excluding carboxylic acids is 1. The van der Waals surface area contributed by atoms with Crippen LogP contribution in [0.2, 0.25) is 0 Å². The smallest absolute Gasteiger partial charge is 0.349 e. The van der Waals surface area contributed by atoms with Crippen LogP contribution >= 0.6 is 12.6 Å². The summed E-state index contributed by atoms with van der Waals surface area (Å²) >= 11 is 4.51. The number of pyridine rings is 1. The van der Waals surface area contributed by atoms with Crippen molar-refractivity contribution in [2.24, 2.45) is 0 Å². The second-order valence-electron chi connectivity index (χ2n) is 8.81. The van der Waals surface area contributed by atoms with Gasteiger partial charge in [0.1, 0.15) is 23.2 Å². The zero-order valence-electron chi connectivity index (χ0n) is 19.3. The lowest BCUT2D eigenvalue weighted by Gasteiger charge is -2.33. The molecule has 1 aromatic carbocycles. The van der Waals surface area contributed by atoms with Gasteiger partial charge in [-0.05, 0) is 50.5 Å². The van der Waals surface area contributed by atoms with Gasteiger partial charge in [0.2, 0.25) is 0 Å². The molecule has 188 valence electrons. The van der Waals surface area contributed by atoms with Crippen LogP contribution in [-0.2, 0) is 23.8 Å². The van der Waals surface area contributed by atoms with Crippen LogP contribution in [-0.4, -0.2) is 31.9 Å². The molecular formula is C24H22F4N6OS. The Labute approximate surface area is 210 Å². The molecule has 1 unspecified atom stereocenters. The average molecular weight is 519 g/mol. The molecule has 3 aromatic rings. The standard InChI is InChI=1S/C24H22F4N6OS/c1-23(2)21(35)33(16-10-17(24(26,27)28)19(12-29)32-13-16)22(36)34(23)15-7-6-14(18(25)11-15)4-3-5-20-30-8-9-31-20/h6-11,13,22,36H,3-5H2,1-2H3,(H,30,31). The molecule has 12 heteroatoms. The number of hydrogen-bond acceptors (Lipinski definition) is 6. The van der Waals surface area contributed by atoms with Crippen LogP contribution < -0.4 is 9.80 Å². The van der Waals surface area contributed by atoms with Crippen molar-refractivity contribution in [3.63, 3.8) is 0 Å². The molecule has 0 radical (unpaired) electrons. The van der Waals surface area contributed by atoms with Gasteiger partial charge < -0.3 is 9.88 Å². The summed E-state index contributed by atoms with van der Waals surface area (Å²) in [7, 11) is 0. The number of amides is 1. The highest BCUT2D eigenvalue weighted by atomic mass is 32.1. The zero-order valence-corrected chi connectivity index (χ0v) is 20.2. The summed E-state index contributed by atoms with van der Waals surface area (Å²) < 4.78 is 55.4. The number of nitriles is 1. The number of rotatable bonds is 6. The molecule has 2 aromatic heterocycles. The quantitative estimate of drug-likeness (QED) is 0.360. The maximum absolute atomic E-state index is 15.0. The van der Waals surface area contributed by atoms with E-state index in [9.17, 15) is 22.4 Å². The number of halogens is 4. The minimum Gasteiger partial charge on any atom is -0.349 e. The fraction of sp³-hybridized carbons (Fsp3) is 0.333. The number of thiol groups is 1. The number of aromatic amines is 1. The molecule has 36 heavy (non-hydrogen) atoms. The summed E-state index contributed by atoms with van der Waals surface area (Å²) in [6, 6.07) is 6.70. The molecule has 0 saturated carbocycles. The molecule has 0 aliphatic carbocycles. The van der Waals surface area contributed by atoms with E-state index < -0.39 is 40.2 Å². The molecule has 0 spiro atoms. The van der Waals surface area contributed by atoms with Crippen molar-refractivity contribution in [2.45, 2.75) is 50.3 Å². The topological polar surface area (TPSA) is 88.9 Å². The molecule has 1 aliphatic heterocycles. The van der Waals surface area contributed by atoms with E-state index in [0.29, 0.717) is 36.6 Å². The normalized spacial score (nSPS) is 17.5. The van der Waals surface area contributed by atoms with Crippen molar-refractivity contribution < 1.29 is 22.4 Å². The van der Waals surface area contributed by atoms with Crippen LogP contribution in [0.4, 0.5) is 28.9 Å². The van der Waals surface area contributed by atoms with Crippen LogP contribution in [0.5, 0.6) is 0 Å². The first-order valence-electron chi connectivity index (χ1n) is 11.0. The van der Waals surface area contributed by atoms with Gasteiger partial charge in [-0.3, -0.25) is 9.69 Å². The Kier molecular flexibility index (Phi) is 6.70. The predicted octanol–water partition coefficient (Wildman–Crippen LogP) is 4.85. The van der Waals surface area contributed by atoms with E-state index in [4.69, 9.17) is 5.26 Å². The Balaban J connectivity index is 1.61. The first-order chi connectivity index (χ1) is 16.9. The predicted molar refractivity (Wildman–Crippen MR) is 128 cm³/mol. The summed E-state index contributed by atoms with van der Waals surface area (Å²) in [4.78, 5) is 26.6. The fourth-order valence-electron chi connectivity index (χ4n) is 4.27. The number of carbonyl (C=O) groups is 1. The van der Waals surface area contributed by atoms with Crippen LogP contribution in [0.3, 0.4) is 0 Å². The lowest BCUT2D eigenvalue weighted by Crippen LogP contribution is -2.45. The van der Waals surface area contributed by atoms with E-state index in [1.165, 1.54) is 17.0 Å². The van der Waals surface area contributed by atoms with Crippen molar-refractivity contribution in [2.75, 3.05) is 9.80 Å². The van der Waals surface area contributed by atoms with Crippen LogP contribution in [0.1, 0.15) is 42.9 Å². The van der Waals surface area contributed by atoms with Gasteiger partial charge in [-0.15, -0.1) is 12.6 Å². The third kappa shape index (κ3) is 4.63. The van der Waals surface area contributed by atoms with Gasteiger partial charge >= 0.3 is 6.18 Å². The minimum atomic E-state index is -4.84.